The quantitative estimate of drug-likeness (QED) is 0.732. The molecule has 3 rings (SSSR count). The smallest absolute Gasteiger partial charge is 0.251 e. The second-order valence-corrected chi connectivity index (χ2v) is 7.58. The number of benzene rings is 2. The van der Waals surface area contributed by atoms with Gasteiger partial charge in [0.2, 0.25) is 10.0 Å². The molecule has 0 saturated heterocycles. The highest BCUT2D eigenvalue weighted by atomic mass is 32.2. The number of fused-ring (bicyclic) bond motifs is 1. The summed E-state index contributed by atoms with van der Waals surface area (Å²) in [6.07, 6.45) is 1.07. The van der Waals surface area contributed by atoms with Crippen LogP contribution in [-0.4, -0.2) is 20.6 Å². The molecule has 2 aromatic carbocycles. The molecule has 3 aromatic rings. The zero-order chi connectivity index (χ0) is 18.0. The highest BCUT2D eigenvalue weighted by Gasteiger charge is 2.15. The van der Waals surface area contributed by atoms with E-state index in [1.165, 1.54) is 0 Å². The van der Waals surface area contributed by atoms with Crippen molar-refractivity contribution in [3.63, 3.8) is 0 Å². The van der Waals surface area contributed by atoms with Crippen molar-refractivity contribution in [2.75, 3.05) is 11.0 Å². The number of sulfonamides is 1. The fourth-order valence-electron chi connectivity index (χ4n) is 2.47. The molecule has 0 bridgehead atoms. The highest BCUT2D eigenvalue weighted by Crippen LogP contribution is 2.23. The van der Waals surface area contributed by atoms with Crippen LogP contribution in [0.2, 0.25) is 0 Å². The fraction of sp³-hybridized carbons (Fsp3) is 0.167. The lowest BCUT2D eigenvalue weighted by atomic mass is 10.1. The van der Waals surface area contributed by atoms with Crippen LogP contribution < -0.4 is 10.0 Å². The second kappa shape index (κ2) is 6.60. The normalized spacial score (nSPS) is 12.7. The third kappa shape index (κ3) is 4.19. The van der Waals surface area contributed by atoms with Gasteiger partial charge in [-0.2, -0.15) is 0 Å². The topological polar surface area (TPSA) is 88.4 Å². The number of carbonyl (C=O) groups is 1. The van der Waals surface area contributed by atoms with Crippen molar-refractivity contribution in [2.45, 2.75) is 13.0 Å². The summed E-state index contributed by atoms with van der Waals surface area (Å²) in [4.78, 5) is 12.3. The maximum atomic E-state index is 12.3. The van der Waals surface area contributed by atoms with E-state index in [0.29, 0.717) is 17.0 Å². The first kappa shape index (κ1) is 17.0. The average Bonchev–Trinajstić information content (AvgIpc) is 2.98. The van der Waals surface area contributed by atoms with Gasteiger partial charge in [-0.25, -0.2) is 8.42 Å². The summed E-state index contributed by atoms with van der Waals surface area (Å²) in [6, 6.07) is 15.5. The number of anilines is 1. The SMILES string of the molecule is C[C@@H](NC(=O)c1ccc(NS(C)(=O)=O)cc1)c1cc2ccccc2o1. The maximum absolute atomic E-state index is 12.3. The van der Waals surface area contributed by atoms with Gasteiger partial charge in [0, 0.05) is 16.6 Å². The van der Waals surface area contributed by atoms with E-state index in [4.69, 9.17) is 4.42 Å². The number of hydrogen-bond donors (Lipinski definition) is 2. The van der Waals surface area contributed by atoms with E-state index in [2.05, 4.69) is 10.0 Å². The van der Waals surface area contributed by atoms with Gasteiger partial charge in [-0.15, -0.1) is 0 Å². The molecule has 1 aromatic heterocycles. The van der Waals surface area contributed by atoms with Gasteiger partial charge in [-0.3, -0.25) is 9.52 Å². The molecule has 0 spiro atoms. The lowest BCUT2D eigenvalue weighted by Crippen LogP contribution is -2.26. The third-order valence-electron chi connectivity index (χ3n) is 3.67. The third-order valence-corrected chi connectivity index (χ3v) is 4.28. The van der Waals surface area contributed by atoms with Crippen LogP contribution in [0.3, 0.4) is 0 Å². The predicted molar refractivity (Wildman–Crippen MR) is 97.0 cm³/mol. The summed E-state index contributed by atoms with van der Waals surface area (Å²) < 4.78 is 30.5. The summed E-state index contributed by atoms with van der Waals surface area (Å²) in [7, 11) is -3.34. The first-order valence-corrected chi connectivity index (χ1v) is 9.58. The Morgan fingerprint density at radius 3 is 2.40 bits per heavy atom. The van der Waals surface area contributed by atoms with E-state index < -0.39 is 10.0 Å². The minimum Gasteiger partial charge on any atom is -0.459 e. The minimum absolute atomic E-state index is 0.265. The minimum atomic E-state index is -3.34. The van der Waals surface area contributed by atoms with Crippen molar-refractivity contribution in [1.29, 1.82) is 0 Å². The Kier molecular flexibility index (Phi) is 4.50. The van der Waals surface area contributed by atoms with E-state index >= 15 is 0 Å². The lowest BCUT2D eigenvalue weighted by molar-refractivity contribution is 0.0935. The summed E-state index contributed by atoms with van der Waals surface area (Å²) in [6.45, 7) is 1.84. The van der Waals surface area contributed by atoms with Crippen molar-refractivity contribution < 1.29 is 17.6 Å². The summed E-state index contributed by atoms with van der Waals surface area (Å²) >= 11 is 0. The molecule has 2 N–H and O–H groups in total. The van der Waals surface area contributed by atoms with Gasteiger partial charge in [0.15, 0.2) is 0 Å². The average molecular weight is 358 g/mol. The van der Waals surface area contributed by atoms with E-state index in [0.717, 1.165) is 17.2 Å². The van der Waals surface area contributed by atoms with E-state index in [1.54, 1.807) is 24.3 Å². The van der Waals surface area contributed by atoms with E-state index in [9.17, 15) is 13.2 Å². The molecular formula is C18H18N2O4S. The first-order valence-electron chi connectivity index (χ1n) is 7.69. The van der Waals surface area contributed by atoms with Gasteiger partial charge in [0.25, 0.3) is 5.91 Å². The molecule has 0 radical (unpaired) electrons. The molecular weight excluding hydrogens is 340 g/mol. The monoisotopic (exact) mass is 358 g/mol. The van der Waals surface area contributed by atoms with Gasteiger partial charge >= 0.3 is 0 Å². The van der Waals surface area contributed by atoms with Gasteiger partial charge < -0.3 is 9.73 Å². The molecule has 0 saturated carbocycles. The van der Waals surface area contributed by atoms with Gasteiger partial charge in [0.1, 0.15) is 11.3 Å². The Morgan fingerprint density at radius 2 is 1.76 bits per heavy atom. The van der Waals surface area contributed by atoms with Crippen LogP contribution in [0.1, 0.15) is 29.1 Å². The van der Waals surface area contributed by atoms with Crippen molar-refractivity contribution >= 4 is 32.6 Å². The fourth-order valence-corrected chi connectivity index (χ4v) is 3.03. The zero-order valence-electron chi connectivity index (χ0n) is 13.8. The molecule has 0 unspecified atom stereocenters. The number of rotatable bonds is 5. The molecule has 0 aliphatic rings. The number of para-hydroxylation sites is 1. The second-order valence-electron chi connectivity index (χ2n) is 5.83. The van der Waals surface area contributed by atoms with Crippen LogP contribution in [0, 0.1) is 0 Å². The molecule has 6 nitrogen and oxygen atoms in total. The number of carbonyl (C=O) groups excluding carboxylic acids is 1. The molecule has 1 heterocycles. The molecule has 0 aliphatic heterocycles. The first-order chi connectivity index (χ1) is 11.8. The number of hydrogen-bond acceptors (Lipinski definition) is 4. The Hall–Kier alpha value is -2.80. The van der Waals surface area contributed by atoms with Gasteiger partial charge in [0.05, 0.1) is 12.3 Å². The summed E-state index contributed by atoms with van der Waals surface area (Å²) in [5, 5.41) is 3.85. The van der Waals surface area contributed by atoms with Crippen LogP contribution in [-0.2, 0) is 10.0 Å². The Labute approximate surface area is 145 Å². The van der Waals surface area contributed by atoms with Gasteiger partial charge in [-0.05, 0) is 43.3 Å². The van der Waals surface area contributed by atoms with E-state index in [-0.39, 0.29) is 11.9 Å². The van der Waals surface area contributed by atoms with Crippen LogP contribution in [0.4, 0.5) is 5.69 Å². The molecule has 7 heteroatoms. The van der Waals surface area contributed by atoms with Crippen LogP contribution >= 0.6 is 0 Å². The molecule has 1 atom stereocenters. The predicted octanol–water partition coefficient (Wildman–Crippen LogP) is 3.30. The number of furan rings is 1. The zero-order valence-corrected chi connectivity index (χ0v) is 14.6. The maximum Gasteiger partial charge on any atom is 0.251 e. The highest BCUT2D eigenvalue weighted by molar-refractivity contribution is 7.92. The van der Waals surface area contributed by atoms with Gasteiger partial charge in [-0.1, -0.05) is 18.2 Å². The van der Waals surface area contributed by atoms with Crippen molar-refractivity contribution in [3.8, 4) is 0 Å². The largest absolute Gasteiger partial charge is 0.459 e. The number of nitrogens with one attached hydrogen (secondary N) is 2. The lowest BCUT2D eigenvalue weighted by Gasteiger charge is -2.12. The molecule has 25 heavy (non-hydrogen) atoms. The Morgan fingerprint density at radius 1 is 1.08 bits per heavy atom. The number of amides is 1. The Balaban J connectivity index is 1.70. The van der Waals surface area contributed by atoms with Crippen LogP contribution in [0.5, 0.6) is 0 Å². The molecule has 0 fully saturated rings. The summed E-state index contributed by atoms with van der Waals surface area (Å²) in [5.74, 6) is 0.406. The molecule has 1 amide bonds. The van der Waals surface area contributed by atoms with Crippen LogP contribution in [0.25, 0.3) is 11.0 Å². The summed E-state index contributed by atoms with van der Waals surface area (Å²) in [5.41, 5.74) is 1.61. The molecule has 130 valence electrons. The van der Waals surface area contributed by atoms with Crippen molar-refractivity contribution in [3.05, 3.63) is 65.9 Å². The van der Waals surface area contributed by atoms with Crippen LogP contribution in [0.15, 0.2) is 59.0 Å². The van der Waals surface area contributed by atoms with E-state index in [1.807, 2.05) is 37.3 Å². The Bertz CT molecular complexity index is 974. The molecule has 0 aliphatic carbocycles. The standard InChI is InChI=1S/C18H18N2O4S/c1-12(17-11-14-5-3-4-6-16(14)24-17)19-18(21)13-7-9-15(10-8-13)20-25(2,22)23/h3-12,20H,1-2H3,(H,19,21)/t12-/m1/s1. The van der Waals surface area contributed by atoms with Crippen molar-refractivity contribution in [1.82, 2.24) is 5.32 Å². The van der Waals surface area contributed by atoms with Crippen molar-refractivity contribution in [2.24, 2.45) is 0 Å².